The summed E-state index contributed by atoms with van der Waals surface area (Å²) in [5, 5.41) is 0. The molecule has 2 heterocycles. The quantitative estimate of drug-likeness (QED) is 0.372. The van der Waals surface area contributed by atoms with Gasteiger partial charge >= 0.3 is 0 Å². The van der Waals surface area contributed by atoms with Crippen molar-refractivity contribution < 1.29 is 27.5 Å². The molecule has 0 aromatic heterocycles. The topological polar surface area (TPSA) is 131 Å². The molecule has 0 unspecified atom stereocenters. The molecule has 3 N–H and O–H groups in total. The van der Waals surface area contributed by atoms with Crippen LogP contribution in [0.4, 0.5) is 0 Å². The summed E-state index contributed by atoms with van der Waals surface area (Å²) in [4.78, 5) is 24.9. The number of rotatable bonds is 5. The maximum atomic E-state index is 12.9. The first-order valence-corrected chi connectivity index (χ1v) is 10.0. The number of amides is 2. The Kier molecular flexibility index (Phi) is 5.82. The van der Waals surface area contributed by atoms with Crippen molar-refractivity contribution in [1.29, 1.82) is 0 Å². The number of hydrazine groups is 1. The number of nitrogens with zero attached hydrogens (tertiary/aromatic N) is 2. The summed E-state index contributed by atoms with van der Waals surface area (Å²) < 4.78 is 37.9. The third-order valence-electron chi connectivity index (χ3n) is 4.47. The van der Waals surface area contributed by atoms with Gasteiger partial charge in [-0.25, -0.2) is 14.3 Å². The summed E-state index contributed by atoms with van der Waals surface area (Å²) in [6.07, 6.45) is 0.0446. The minimum Gasteiger partial charge on any atom is -0.486 e. The number of sulfonamides is 1. The van der Waals surface area contributed by atoms with Crippen LogP contribution in [0.25, 0.3) is 0 Å². The molecule has 0 bridgehead atoms. The van der Waals surface area contributed by atoms with Gasteiger partial charge in [0.25, 0.3) is 0 Å². The van der Waals surface area contributed by atoms with Crippen LogP contribution in [-0.2, 0) is 19.6 Å². The Hall–Kier alpha value is -2.37. The van der Waals surface area contributed by atoms with Crippen LogP contribution in [0.5, 0.6) is 11.5 Å². The first-order valence-electron chi connectivity index (χ1n) is 8.59. The predicted molar refractivity (Wildman–Crippen MR) is 94.3 cm³/mol. The second kappa shape index (κ2) is 8.11. The molecule has 27 heavy (non-hydrogen) atoms. The van der Waals surface area contributed by atoms with Crippen LogP contribution in [0, 0.1) is 0 Å². The lowest BCUT2D eigenvalue weighted by molar-refractivity contribution is -0.134. The minimum absolute atomic E-state index is 0.00500. The second-order valence-electron chi connectivity index (χ2n) is 6.16. The Morgan fingerprint density at radius 1 is 1.04 bits per heavy atom. The van der Waals surface area contributed by atoms with Crippen molar-refractivity contribution in [3.63, 3.8) is 0 Å². The van der Waals surface area contributed by atoms with Crippen molar-refractivity contribution >= 4 is 21.8 Å². The maximum Gasteiger partial charge on any atom is 0.243 e. The number of piperazine rings is 1. The molecule has 1 aromatic rings. The first-order chi connectivity index (χ1) is 12.9. The Labute approximate surface area is 157 Å². The fourth-order valence-electron chi connectivity index (χ4n) is 2.96. The number of carbonyl (C=O) groups is 2. The van der Waals surface area contributed by atoms with Gasteiger partial charge in [-0.1, -0.05) is 0 Å². The molecule has 148 valence electrons. The van der Waals surface area contributed by atoms with Gasteiger partial charge in [0.1, 0.15) is 13.2 Å². The minimum atomic E-state index is -3.70. The fourth-order valence-corrected chi connectivity index (χ4v) is 4.40. The van der Waals surface area contributed by atoms with Gasteiger partial charge in [0.05, 0.1) is 4.90 Å². The van der Waals surface area contributed by atoms with Crippen molar-refractivity contribution in [2.45, 2.75) is 17.7 Å². The second-order valence-corrected chi connectivity index (χ2v) is 8.10. The number of nitrogens with one attached hydrogen (secondary N) is 1. The van der Waals surface area contributed by atoms with Crippen LogP contribution >= 0.6 is 0 Å². The van der Waals surface area contributed by atoms with Crippen molar-refractivity contribution in [3.8, 4) is 11.5 Å². The number of ether oxygens (including phenoxy) is 2. The molecule has 2 amide bonds. The SMILES string of the molecule is NNC(=O)CCC(=O)N1CCN(S(=O)(=O)c2ccc3c(c2)OCCO3)CC1. The molecule has 10 nitrogen and oxygen atoms in total. The lowest BCUT2D eigenvalue weighted by atomic mass is 10.2. The highest BCUT2D eigenvalue weighted by atomic mass is 32.2. The summed E-state index contributed by atoms with van der Waals surface area (Å²) in [6, 6.07) is 4.54. The average Bonchev–Trinajstić information content (AvgIpc) is 2.71. The van der Waals surface area contributed by atoms with E-state index >= 15 is 0 Å². The standard InChI is InChI=1S/C16H22N4O6S/c17-18-15(21)3-4-16(22)19-5-7-20(8-6-19)27(23,24)12-1-2-13-14(11-12)26-10-9-25-13/h1-2,11H,3-10,17H2,(H,18,21). The number of hydrogen-bond acceptors (Lipinski definition) is 7. The number of carbonyl (C=O) groups excluding carboxylic acids is 2. The van der Waals surface area contributed by atoms with Crippen LogP contribution in [0.2, 0.25) is 0 Å². The predicted octanol–water partition coefficient (Wildman–Crippen LogP) is -0.939. The maximum absolute atomic E-state index is 12.9. The van der Waals surface area contributed by atoms with E-state index in [4.69, 9.17) is 15.3 Å². The third kappa shape index (κ3) is 4.31. The molecule has 1 aromatic carbocycles. The Morgan fingerprint density at radius 3 is 2.37 bits per heavy atom. The highest BCUT2D eigenvalue weighted by Crippen LogP contribution is 2.33. The molecule has 11 heteroatoms. The smallest absolute Gasteiger partial charge is 0.243 e. The third-order valence-corrected chi connectivity index (χ3v) is 6.36. The van der Waals surface area contributed by atoms with Crippen molar-refractivity contribution in [1.82, 2.24) is 14.6 Å². The van der Waals surface area contributed by atoms with E-state index in [1.165, 1.54) is 16.4 Å². The lowest BCUT2D eigenvalue weighted by Crippen LogP contribution is -2.50. The van der Waals surface area contributed by atoms with E-state index in [0.29, 0.717) is 24.7 Å². The van der Waals surface area contributed by atoms with Crippen LogP contribution in [-0.4, -0.2) is 68.8 Å². The zero-order valence-electron chi connectivity index (χ0n) is 14.7. The number of fused-ring (bicyclic) bond motifs is 1. The van der Waals surface area contributed by atoms with E-state index < -0.39 is 15.9 Å². The van der Waals surface area contributed by atoms with E-state index in [1.54, 1.807) is 11.0 Å². The molecule has 0 saturated carbocycles. The van der Waals surface area contributed by atoms with Gasteiger partial charge in [0, 0.05) is 45.1 Å². The summed E-state index contributed by atoms with van der Waals surface area (Å²) in [5.74, 6) is 5.31. The molecule has 0 spiro atoms. The normalized spacial score (nSPS) is 17.4. The summed E-state index contributed by atoms with van der Waals surface area (Å²) in [7, 11) is -3.70. The number of benzene rings is 1. The van der Waals surface area contributed by atoms with Gasteiger partial charge in [0.2, 0.25) is 21.8 Å². The monoisotopic (exact) mass is 398 g/mol. The van der Waals surface area contributed by atoms with Gasteiger partial charge in [-0.3, -0.25) is 15.0 Å². The molecule has 0 radical (unpaired) electrons. The molecular formula is C16H22N4O6S. The molecule has 1 saturated heterocycles. The van der Waals surface area contributed by atoms with Crippen LogP contribution < -0.4 is 20.7 Å². The Bertz CT molecular complexity index is 820. The van der Waals surface area contributed by atoms with E-state index in [9.17, 15) is 18.0 Å². The van der Waals surface area contributed by atoms with Gasteiger partial charge < -0.3 is 14.4 Å². The number of nitrogens with two attached hydrogens (primary N) is 1. The molecule has 3 rings (SSSR count). The Balaban J connectivity index is 1.61. The first kappa shape index (κ1) is 19.4. The lowest BCUT2D eigenvalue weighted by Gasteiger charge is -2.34. The van der Waals surface area contributed by atoms with E-state index in [2.05, 4.69) is 0 Å². The highest BCUT2D eigenvalue weighted by molar-refractivity contribution is 7.89. The molecule has 0 aliphatic carbocycles. The highest BCUT2D eigenvalue weighted by Gasteiger charge is 2.31. The van der Waals surface area contributed by atoms with Gasteiger partial charge in [-0.2, -0.15) is 4.31 Å². The molecule has 0 atom stereocenters. The van der Waals surface area contributed by atoms with Crippen LogP contribution in [0.3, 0.4) is 0 Å². The molecule has 2 aliphatic rings. The largest absolute Gasteiger partial charge is 0.486 e. The van der Waals surface area contributed by atoms with Gasteiger partial charge in [0.15, 0.2) is 11.5 Å². The van der Waals surface area contributed by atoms with E-state index in [1.807, 2.05) is 5.43 Å². The summed E-state index contributed by atoms with van der Waals surface area (Å²) in [6.45, 7) is 1.72. The zero-order chi connectivity index (χ0) is 19.4. The van der Waals surface area contributed by atoms with E-state index in [0.717, 1.165) is 0 Å². The van der Waals surface area contributed by atoms with Gasteiger partial charge in [-0.05, 0) is 12.1 Å². The van der Waals surface area contributed by atoms with E-state index in [-0.39, 0.29) is 49.8 Å². The molecule has 2 aliphatic heterocycles. The van der Waals surface area contributed by atoms with Crippen LogP contribution in [0.15, 0.2) is 23.1 Å². The van der Waals surface area contributed by atoms with Crippen molar-refractivity contribution in [2.24, 2.45) is 5.84 Å². The molecule has 1 fully saturated rings. The van der Waals surface area contributed by atoms with Crippen molar-refractivity contribution in [2.75, 3.05) is 39.4 Å². The average molecular weight is 398 g/mol. The summed E-state index contributed by atoms with van der Waals surface area (Å²) >= 11 is 0. The zero-order valence-corrected chi connectivity index (χ0v) is 15.5. The summed E-state index contributed by atoms with van der Waals surface area (Å²) in [5.41, 5.74) is 1.97. The molecular weight excluding hydrogens is 376 g/mol. The fraction of sp³-hybridized carbons (Fsp3) is 0.500. The number of hydrogen-bond donors (Lipinski definition) is 2. The van der Waals surface area contributed by atoms with Gasteiger partial charge in [-0.15, -0.1) is 0 Å². The Morgan fingerprint density at radius 2 is 1.70 bits per heavy atom. The van der Waals surface area contributed by atoms with Crippen LogP contribution in [0.1, 0.15) is 12.8 Å². The van der Waals surface area contributed by atoms with Crippen molar-refractivity contribution in [3.05, 3.63) is 18.2 Å².